The summed E-state index contributed by atoms with van der Waals surface area (Å²) in [4.78, 5) is 40.5. The molecule has 2 aromatic rings. The van der Waals surface area contributed by atoms with Gasteiger partial charge in [0.05, 0.1) is 0 Å². The second-order valence-corrected chi connectivity index (χ2v) is 7.85. The Morgan fingerprint density at radius 2 is 1.68 bits per heavy atom. The first-order valence-electron chi connectivity index (χ1n) is 10.5. The molecule has 1 saturated heterocycles. The molecule has 3 rings (SSSR count). The molecule has 1 aliphatic rings. The molecule has 2 aromatic carbocycles. The maximum atomic E-state index is 12.9. The number of ether oxygens (including phenoxy) is 1. The van der Waals surface area contributed by atoms with Gasteiger partial charge < -0.3 is 20.3 Å². The zero-order valence-electron chi connectivity index (χ0n) is 17.8. The summed E-state index contributed by atoms with van der Waals surface area (Å²) < 4.78 is 5.44. The lowest BCUT2D eigenvalue weighted by Gasteiger charge is -2.29. The highest BCUT2D eigenvalue weighted by Crippen LogP contribution is 2.23. The van der Waals surface area contributed by atoms with Gasteiger partial charge in [-0.1, -0.05) is 60.7 Å². The van der Waals surface area contributed by atoms with Crippen molar-refractivity contribution >= 4 is 17.9 Å². The third kappa shape index (κ3) is 6.07. The van der Waals surface area contributed by atoms with Crippen LogP contribution in [0.2, 0.25) is 0 Å². The van der Waals surface area contributed by atoms with Gasteiger partial charge in [0.2, 0.25) is 11.8 Å². The Balaban J connectivity index is 1.58. The highest BCUT2D eigenvalue weighted by molar-refractivity contribution is 5.87. The molecule has 0 saturated carbocycles. The molecule has 0 aromatic heterocycles. The monoisotopic (exact) mass is 423 g/mol. The molecular weight excluding hydrogens is 394 g/mol. The Morgan fingerprint density at radius 3 is 2.29 bits per heavy atom. The quantitative estimate of drug-likeness (QED) is 0.707. The molecule has 0 radical (unpaired) electrons. The van der Waals surface area contributed by atoms with Crippen molar-refractivity contribution in [1.82, 2.24) is 9.80 Å². The van der Waals surface area contributed by atoms with Crippen LogP contribution >= 0.6 is 0 Å². The molecule has 0 unspecified atom stereocenters. The van der Waals surface area contributed by atoms with E-state index in [1.165, 1.54) is 4.90 Å². The van der Waals surface area contributed by atoms with Crippen molar-refractivity contribution in [2.24, 2.45) is 5.73 Å². The molecule has 31 heavy (non-hydrogen) atoms. The van der Waals surface area contributed by atoms with Crippen LogP contribution in [0.3, 0.4) is 0 Å². The van der Waals surface area contributed by atoms with Crippen molar-refractivity contribution in [1.29, 1.82) is 0 Å². The molecule has 0 spiro atoms. The van der Waals surface area contributed by atoms with E-state index in [-0.39, 0.29) is 25.0 Å². The fourth-order valence-corrected chi connectivity index (χ4v) is 3.88. The zero-order valence-corrected chi connectivity index (χ0v) is 17.8. The number of carbonyl (C=O) groups is 3. The first-order chi connectivity index (χ1) is 15.0. The summed E-state index contributed by atoms with van der Waals surface area (Å²) in [5, 5.41) is 0. The van der Waals surface area contributed by atoms with Gasteiger partial charge in [-0.2, -0.15) is 0 Å². The lowest BCUT2D eigenvalue weighted by molar-refractivity contribution is -0.138. The molecule has 3 amide bonds. The van der Waals surface area contributed by atoms with E-state index in [1.807, 2.05) is 60.7 Å². The summed E-state index contributed by atoms with van der Waals surface area (Å²) in [5.41, 5.74) is 7.42. The van der Waals surface area contributed by atoms with E-state index in [0.717, 1.165) is 24.0 Å². The minimum absolute atomic E-state index is 0.134. The minimum Gasteiger partial charge on any atom is -0.445 e. The number of likely N-dealkylation sites (tertiary alicyclic amines) is 1. The predicted octanol–water partition coefficient (Wildman–Crippen LogP) is 2.73. The summed E-state index contributed by atoms with van der Waals surface area (Å²) in [7, 11) is 1.59. The summed E-state index contributed by atoms with van der Waals surface area (Å²) in [6.07, 6.45) is 1.60. The smallest absolute Gasteiger partial charge is 0.410 e. The van der Waals surface area contributed by atoms with Crippen LogP contribution in [0.5, 0.6) is 0 Å². The van der Waals surface area contributed by atoms with Gasteiger partial charge in [0, 0.05) is 32.5 Å². The summed E-state index contributed by atoms with van der Waals surface area (Å²) in [6, 6.07) is 17.9. The molecule has 1 fully saturated rings. The van der Waals surface area contributed by atoms with E-state index in [9.17, 15) is 14.4 Å². The van der Waals surface area contributed by atoms with E-state index in [2.05, 4.69) is 0 Å². The van der Waals surface area contributed by atoms with Crippen molar-refractivity contribution in [3.63, 3.8) is 0 Å². The molecule has 7 heteroatoms. The van der Waals surface area contributed by atoms with Gasteiger partial charge in [0.25, 0.3) is 0 Å². The van der Waals surface area contributed by atoms with Gasteiger partial charge >= 0.3 is 6.09 Å². The highest BCUT2D eigenvalue weighted by atomic mass is 16.6. The van der Waals surface area contributed by atoms with E-state index in [4.69, 9.17) is 10.5 Å². The molecule has 164 valence electrons. The number of benzene rings is 2. The van der Waals surface area contributed by atoms with Crippen molar-refractivity contribution in [3.8, 4) is 0 Å². The molecule has 2 N–H and O–H groups in total. The van der Waals surface area contributed by atoms with Crippen LogP contribution in [-0.2, 0) is 27.4 Å². The molecule has 0 aliphatic carbocycles. The zero-order chi connectivity index (χ0) is 22.2. The maximum Gasteiger partial charge on any atom is 0.410 e. The van der Waals surface area contributed by atoms with E-state index >= 15 is 0 Å². The molecule has 1 heterocycles. The Kier molecular flexibility index (Phi) is 7.65. The average molecular weight is 424 g/mol. The van der Waals surface area contributed by atoms with Gasteiger partial charge in [-0.15, -0.1) is 0 Å². The largest absolute Gasteiger partial charge is 0.445 e. The van der Waals surface area contributed by atoms with E-state index in [0.29, 0.717) is 13.0 Å². The summed E-state index contributed by atoms with van der Waals surface area (Å²) in [5.74, 6) is -0.766. The van der Waals surface area contributed by atoms with Crippen LogP contribution in [0, 0.1) is 0 Å². The summed E-state index contributed by atoms with van der Waals surface area (Å²) in [6.45, 7) is 0.746. The number of hydrogen-bond acceptors (Lipinski definition) is 4. The van der Waals surface area contributed by atoms with Crippen molar-refractivity contribution < 1.29 is 19.1 Å². The third-order valence-electron chi connectivity index (χ3n) is 5.69. The van der Waals surface area contributed by atoms with Gasteiger partial charge in [-0.3, -0.25) is 9.59 Å². The Hall–Kier alpha value is -3.35. The first-order valence-corrected chi connectivity index (χ1v) is 10.5. The fourth-order valence-electron chi connectivity index (χ4n) is 3.88. The Labute approximate surface area is 182 Å². The molecule has 2 atom stereocenters. The normalized spacial score (nSPS) is 16.5. The molecule has 1 aliphatic heterocycles. The summed E-state index contributed by atoms with van der Waals surface area (Å²) >= 11 is 0. The lowest BCUT2D eigenvalue weighted by Crippen LogP contribution is -2.48. The van der Waals surface area contributed by atoms with Crippen LogP contribution in [-0.4, -0.2) is 53.4 Å². The second-order valence-electron chi connectivity index (χ2n) is 7.85. The molecule has 7 nitrogen and oxygen atoms in total. The van der Waals surface area contributed by atoms with Crippen LogP contribution in [0.4, 0.5) is 4.79 Å². The maximum absolute atomic E-state index is 12.9. The van der Waals surface area contributed by atoms with E-state index < -0.39 is 18.0 Å². The first kappa shape index (κ1) is 22.3. The SMILES string of the molecule is CN(C(=O)C[C@@H]1CCCN1C(=O)OCc1ccccc1)[C@@H](Cc1ccccc1)C(N)=O. The number of hydrogen-bond donors (Lipinski definition) is 1. The minimum atomic E-state index is -0.741. The fraction of sp³-hybridized carbons (Fsp3) is 0.375. The highest BCUT2D eigenvalue weighted by Gasteiger charge is 2.34. The van der Waals surface area contributed by atoms with Gasteiger partial charge in [0.15, 0.2) is 0 Å². The van der Waals surface area contributed by atoms with Crippen molar-refractivity contribution in [2.75, 3.05) is 13.6 Å². The molecule has 0 bridgehead atoms. The Morgan fingerprint density at radius 1 is 1.06 bits per heavy atom. The predicted molar refractivity (Wildman–Crippen MR) is 117 cm³/mol. The second kappa shape index (κ2) is 10.6. The van der Waals surface area contributed by atoms with Crippen LogP contribution in [0.1, 0.15) is 30.4 Å². The average Bonchev–Trinajstić information content (AvgIpc) is 3.24. The Bertz CT molecular complexity index is 888. The number of nitrogens with two attached hydrogens (primary N) is 1. The number of likely N-dealkylation sites (N-methyl/N-ethyl adjacent to an activating group) is 1. The third-order valence-corrected chi connectivity index (χ3v) is 5.69. The number of primary amides is 1. The van der Waals surface area contributed by atoms with Crippen molar-refractivity contribution in [2.45, 2.75) is 44.4 Å². The number of rotatable bonds is 8. The molecular formula is C24H29N3O4. The number of nitrogens with zero attached hydrogens (tertiary/aromatic N) is 2. The van der Waals surface area contributed by atoms with Crippen molar-refractivity contribution in [3.05, 3.63) is 71.8 Å². The van der Waals surface area contributed by atoms with Gasteiger partial charge in [-0.25, -0.2) is 4.79 Å². The van der Waals surface area contributed by atoms with E-state index in [1.54, 1.807) is 11.9 Å². The number of carbonyl (C=O) groups excluding carboxylic acids is 3. The topological polar surface area (TPSA) is 92.9 Å². The standard InChI is InChI=1S/C24H29N3O4/c1-26(21(23(25)29)15-18-9-4-2-5-10-18)22(28)16-20-13-8-14-27(20)24(30)31-17-19-11-6-3-7-12-19/h2-7,9-12,20-21H,8,13-17H2,1H3,(H2,25,29)/t20-,21-/m0/s1. The van der Waals surface area contributed by atoms with Gasteiger partial charge in [0.1, 0.15) is 12.6 Å². The lowest BCUT2D eigenvalue weighted by atomic mass is 10.0. The number of amides is 3. The van der Waals surface area contributed by atoms with Gasteiger partial charge in [-0.05, 0) is 24.0 Å². The van der Waals surface area contributed by atoms with Crippen LogP contribution in [0.25, 0.3) is 0 Å². The van der Waals surface area contributed by atoms with Crippen LogP contribution in [0.15, 0.2) is 60.7 Å². The van der Waals surface area contributed by atoms with Crippen LogP contribution < -0.4 is 5.73 Å².